The van der Waals surface area contributed by atoms with Crippen LogP contribution in [0.1, 0.15) is 34.1 Å². The largest absolute Gasteiger partial charge is 0.465 e. The van der Waals surface area contributed by atoms with Gasteiger partial charge < -0.3 is 24.1 Å². The lowest BCUT2D eigenvalue weighted by Gasteiger charge is -2.57. The van der Waals surface area contributed by atoms with E-state index in [0.29, 0.717) is 12.2 Å². The number of carbonyl (C=O) groups is 3. The van der Waals surface area contributed by atoms with Crippen molar-refractivity contribution in [3.63, 3.8) is 0 Å². The Kier molecular flexibility index (Phi) is 3.87. The second-order valence-electron chi connectivity index (χ2n) is 8.26. The number of ether oxygens (including phenoxy) is 4. The standard InChI is InChI=1S/C19H24O8/c1-9-5-13-18(6-12(9)22,7-24-10(2)20)17(4)15(26-11(3)21)14(23)16(27-13)19(17)8-25-19/h5,13-16,23H,6-8H2,1-4H3/t13-,14-,15-,16-,17+,18-,19-/m1/s1. The first-order valence-electron chi connectivity index (χ1n) is 9.09. The van der Waals surface area contributed by atoms with E-state index in [4.69, 9.17) is 18.9 Å². The summed E-state index contributed by atoms with van der Waals surface area (Å²) in [6.07, 6.45) is -1.55. The number of aliphatic hydroxyl groups is 1. The van der Waals surface area contributed by atoms with Crippen LogP contribution in [0.2, 0.25) is 0 Å². The van der Waals surface area contributed by atoms with E-state index in [9.17, 15) is 19.5 Å². The first-order chi connectivity index (χ1) is 12.6. The molecule has 2 aliphatic heterocycles. The maximum Gasteiger partial charge on any atom is 0.303 e. The van der Waals surface area contributed by atoms with Gasteiger partial charge >= 0.3 is 11.9 Å². The predicted octanol–water partition coefficient (Wildman–Crippen LogP) is 0.304. The Morgan fingerprint density at radius 1 is 1.33 bits per heavy atom. The van der Waals surface area contributed by atoms with Crippen molar-refractivity contribution in [1.82, 2.24) is 0 Å². The van der Waals surface area contributed by atoms with Crippen LogP contribution in [0.25, 0.3) is 0 Å². The fourth-order valence-electron chi connectivity index (χ4n) is 5.44. The van der Waals surface area contributed by atoms with Gasteiger partial charge in [0.25, 0.3) is 0 Å². The first-order valence-corrected chi connectivity index (χ1v) is 9.09. The number of hydrogen-bond donors (Lipinski definition) is 1. The van der Waals surface area contributed by atoms with Gasteiger partial charge in [-0.15, -0.1) is 0 Å². The van der Waals surface area contributed by atoms with Crippen LogP contribution in [-0.2, 0) is 33.3 Å². The van der Waals surface area contributed by atoms with E-state index in [1.54, 1.807) is 13.0 Å². The second kappa shape index (κ2) is 5.62. The van der Waals surface area contributed by atoms with Crippen LogP contribution in [-0.4, -0.2) is 66.1 Å². The van der Waals surface area contributed by atoms with Crippen molar-refractivity contribution in [3.8, 4) is 0 Å². The zero-order valence-corrected chi connectivity index (χ0v) is 15.8. The van der Waals surface area contributed by atoms with Crippen molar-refractivity contribution in [1.29, 1.82) is 0 Å². The molecule has 8 nitrogen and oxygen atoms in total. The summed E-state index contributed by atoms with van der Waals surface area (Å²) in [5, 5.41) is 10.9. The minimum Gasteiger partial charge on any atom is -0.465 e. The number of allylic oxidation sites excluding steroid dienone is 1. The van der Waals surface area contributed by atoms with Gasteiger partial charge in [-0.2, -0.15) is 0 Å². The number of rotatable bonds is 3. The van der Waals surface area contributed by atoms with Gasteiger partial charge in [-0.3, -0.25) is 14.4 Å². The molecule has 8 heteroatoms. The fourth-order valence-corrected chi connectivity index (χ4v) is 5.44. The molecule has 3 fully saturated rings. The third-order valence-corrected chi connectivity index (χ3v) is 7.00. The molecule has 2 aliphatic carbocycles. The highest BCUT2D eigenvalue weighted by molar-refractivity contribution is 5.96. The summed E-state index contributed by atoms with van der Waals surface area (Å²) < 4.78 is 22.9. The highest BCUT2D eigenvalue weighted by atomic mass is 16.7. The van der Waals surface area contributed by atoms with Crippen molar-refractivity contribution in [2.45, 2.75) is 64.1 Å². The SMILES string of the molecule is CC(=O)OC[C@]12CC(=O)C(C)=C[C@H]1O[C@@H]1[C@H](O)[C@@H](OC(C)=O)[C@]2(C)[C@@]12CO2. The number of ketones is 1. The quantitative estimate of drug-likeness (QED) is 0.550. The van der Waals surface area contributed by atoms with E-state index in [0.717, 1.165) is 0 Å². The molecule has 2 bridgehead atoms. The average Bonchev–Trinajstić information content (AvgIpc) is 3.36. The summed E-state index contributed by atoms with van der Waals surface area (Å²) in [6.45, 7) is 6.34. The number of Topliss-reactive ketones (excluding diaryl/α,β-unsaturated/α-hetero) is 1. The molecule has 0 amide bonds. The summed E-state index contributed by atoms with van der Waals surface area (Å²) >= 11 is 0. The molecule has 4 aliphatic rings. The molecular formula is C19H24O8. The molecule has 0 unspecified atom stereocenters. The number of fused-ring (bicyclic) bond motifs is 2. The Balaban J connectivity index is 1.89. The Morgan fingerprint density at radius 2 is 2.00 bits per heavy atom. The molecule has 148 valence electrons. The molecular weight excluding hydrogens is 356 g/mol. The molecule has 7 atom stereocenters. The normalized spacial score (nSPS) is 47.3. The molecule has 1 N–H and O–H groups in total. The summed E-state index contributed by atoms with van der Waals surface area (Å²) in [7, 11) is 0. The van der Waals surface area contributed by atoms with Crippen LogP contribution in [0.15, 0.2) is 11.6 Å². The van der Waals surface area contributed by atoms with Crippen LogP contribution in [0.3, 0.4) is 0 Å². The maximum absolute atomic E-state index is 12.7. The van der Waals surface area contributed by atoms with E-state index in [-0.39, 0.29) is 18.8 Å². The average molecular weight is 380 g/mol. The molecule has 0 radical (unpaired) electrons. The van der Waals surface area contributed by atoms with Crippen LogP contribution in [0.4, 0.5) is 0 Å². The highest BCUT2D eigenvalue weighted by Crippen LogP contribution is 2.71. The lowest BCUT2D eigenvalue weighted by Crippen LogP contribution is -2.67. The zero-order chi connectivity index (χ0) is 19.8. The minimum absolute atomic E-state index is 0.0477. The maximum atomic E-state index is 12.7. The number of epoxide rings is 1. The second-order valence-corrected chi connectivity index (χ2v) is 8.26. The fraction of sp³-hybridized carbons (Fsp3) is 0.737. The molecule has 0 aromatic carbocycles. The van der Waals surface area contributed by atoms with E-state index in [2.05, 4.69) is 0 Å². The molecule has 27 heavy (non-hydrogen) atoms. The van der Waals surface area contributed by atoms with Crippen LogP contribution in [0, 0.1) is 10.8 Å². The molecule has 2 heterocycles. The number of carbonyl (C=O) groups excluding carboxylic acids is 3. The van der Waals surface area contributed by atoms with Crippen molar-refractivity contribution < 1.29 is 38.4 Å². The third-order valence-electron chi connectivity index (χ3n) is 7.00. The Bertz CT molecular complexity index is 753. The summed E-state index contributed by atoms with van der Waals surface area (Å²) in [4.78, 5) is 36.0. The summed E-state index contributed by atoms with van der Waals surface area (Å²) in [6, 6.07) is 0. The Hall–Kier alpha value is -1.77. The van der Waals surface area contributed by atoms with Gasteiger partial charge in [-0.05, 0) is 18.6 Å². The predicted molar refractivity (Wildman–Crippen MR) is 89.5 cm³/mol. The molecule has 4 rings (SSSR count). The van der Waals surface area contributed by atoms with Gasteiger partial charge in [0.15, 0.2) is 5.78 Å². The third kappa shape index (κ3) is 2.17. The Labute approximate surface area is 156 Å². The lowest BCUT2D eigenvalue weighted by atomic mass is 9.51. The summed E-state index contributed by atoms with van der Waals surface area (Å²) in [5.74, 6) is -1.13. The molecule has 2 saturated heterocycles. The van der Waals surface area contributed by atoms with E-state index in [1.807, 2.05) is 6.92 Å². The zero-order valence-electron chi connectivity index (χ0n) is 15.8. The van der Waals surface area contributed by atoms with Crippen molar-refractivity contribution in [3.05, 3.63) is 11.6 Å². The van der Waals surface area contributed by atoms with Crippen molar-refractivity contribution in [2.24, 2.45) is 10.8 Å². The number of hydrogen-bond acceptors (Lipinski definition) is 8. The highest BCUT2D eigenvalue weighted by Gasteiger charge is 2.86. The van der Waals surface area contributed by atoms with Crippen LogP contribution in [0.5, 0.6) is 0 Å². The summed E-state index contributed by atoms with van der Waals surface area (Å²) in [5.41, 5.74) is -2.31. The Morgan fingerprint density at radius 3 is 2.56 bits per heavy atom. The number of aliphatic hydroxyl groups excluding tert-OH is 1. The molecule has 0 aromatic rings. The lowest BCUT2D eigenvalue weighted by molar-refractivity contribution is -0.231. The van der Waals surface area contributed by atoms with Gasteiger partial charge in [0.05, 0.1) is 23.5 Å². The molecule has 0 aromatic heterocycles. The van der Waals surface area contributed by atoms with Crippen molar-refractivity contribution in [2.75, 3.05) is 13.2 Å². The van der Waals surface area contributed by atoms with Crippen LogP contribution < -0.4 is 0 Å². The monoisotopic (exact) mass is 380 g/mol. The molecule has 1 saturated carbocycles. The van der Waals surface area contributed by atoms with E-state index >= 15 is 0 Å². The first kappa shape index (κ1) is 18.6. The van der Waals surface area contributed by atoms with E-state index in [1.165, 1.54) is 13.8 Å². The van der Waals surface area contributed by atoms with Crippen molar-refractivity contribution >= 4 is 17.7 Å². The van der Waals surface area contributed by atoms with Gasteiger partial charge in [0.2, 0.25) is 0 Å². The van der Waals surface area contributed by atoms with Gasteiger partial charge in [0, 0.05) is 20.3 Å². The number of esters is 2. The van der Waals surface area contributed by atoms with Gasteiger partial charge in [-0.25, -0.2) is 0 Å². The minimum atomic E-state index is -1.11. The van der Waals surface area contributed by atoms with Gasteiger partial charge in [0.1, 0.15) is 30.5 Å². The van der Waals surface area contributed by atoms with Crippen LogP contribution >= 0.6 is 0 Å². The smallest absolute Gasteiger partial charge is 0.303 e. The topological polar surface area (TPSA) is 112 Å². The molecule has 1 spiro atoms. The van der Waals surface area contributed by atoms with E-state index < -0.39 is 52.8 Å². The van der Waals surface area contributed by atoms with Gasteiger partial charge in [-0.1, -0.05) is 6.92 Å².